The Morgan fingerprint density at radius 1 is 1.26 bits per heavy atom. The van der Waals surface area contributed by atoms with Gasteiger partial charge in [0.2, 0.25) is 5.91 Å². The Balaban J connectivity index is 1.39. The maximum absolute atomic E-state index is 12.5. The predicted octanol–water partition coefficient (Wildman–Crippen LogP) is 3.20. The van der Waals surface area contributed by atoms with Crippen molar-refractivity contribution in [3.63, 3.8) is 0 Å². The summed E-state index contributed by atoms with van der Waals surface area (Å²) in [6.45, 7) is 0.457. The van der Waals surface area contributed by atoms with Crippen LogP contribution in [0.25, 0.3) is 5.57 Å². The summed E-state index contributed by atoms with van der Waals surface area (Å²) < 4.78 is 5.83. The number of ether oxygens (including phenoxy) is 1. The second-order valence-corrected chi connectivity index (χ2v) is 7.64. The van der Waals surface area contributed by atoms with E-state index in [-0.39, 0.29) is 11.3 Å². The number of urea groups is 1. The van der Waals surface area contributed by atoms with Crippen LogP contribution in [-0.4, -0.2) is 46.6 Å². The fourth-order valence-electron chi connectivity index (χ4n) is 3.88. The Hall–Kier alpha value is -3.75. The number of likely N-dealkylation sites (tertiary alicyclic amines) is 1. The van der Waals surface area contributed by atoms with Crippen molar-refractivity contribution in [3.05, 3.63) is 48.6 Å². The van der Waals surface area contributed by atoms with Gasteiger partial charge in [-0.3, -0.25) is 25.0 Å². The number of imide groups is 1. The number of allylic oxidation sites excluding steroid dienone is 1. The van der Waals surface area contributed by atoms with Gasteiger partial charge in [0.05, 0.1) is 17.3 Å². The van der Waals surface area contributed by atoms with E-state index in [9.17, 15) is 9.59 Å². The molecule has 0 unspecified atom stereocenters. The quantitative estimate of drug-likeness (QED) is 0.716. The standard InChI is InChI=1S/C22H24N6O3/c1-24-13-15(12-23)18-11-16(5-9-25-18)31-17-3-4-19(26-14-17)27-21(30)28-10-8-22(20(28)29)6-2-7-22/h3-5,9,11-14H,2,6-8,10,23H2,1H3,(H,26,27,30). The topological polar surface area (TPSA) is 123 Å². The van der Waals surface area contributed by atoms with Gasteiger partial charge in [-0.1, -0.05) is 6.42 Å². The summed E-state index contributed by atoms with van der Waals surface area (Å²) in [5.74, 6) is 1.33. The largest absolute Gasteiger partial charge is 0.456 e. The van der Waals surface area contributed by atoms with Crippen LogP contribution < -0.4 is 15.8 Å². The first-order valence-corrected chi connectivity index (χ1v) is 10.1. The van der Waals surface area contributed by atoms with Gasteiger partial charge in [-0.05, 0) is 37.5 Å². The van der Waals surface area contributed by atoms with Crippen LogP contribution in [0, 0.1) is 5.41 Å². The molecule has 3 amide bonds. The Morgan fingerprint density at radius 3 is 2.71 bits per heavy atom. The van der Waals surface area contributed by atoms with Gasteiger partial charge in [0.1, 0.15) is 17.3 Å². The molecule has 1 aliphatic carbocycles. The molecule has 9 heteroatoms. The van der Waals surface area contributed by atoms with Crippen molar-refractivity contribution in [2.45, 2.75) is 25.7 Å². The molecular weight excluding hydrogens is 396 g/mol. The van der Waals surface area contributed by atoms with Crippen molar-refractivity contribution in [2.24, 2.45) is 16.1 Å². The van der Waals surface area contributed by atoms with E-state index in [1.807, 2.05) is 0 Å². The van der Waals surface area contributed by atoms with E-state index < -0.39 is 6.03 Å². The van der Waals surface area contributed by atoms with Crippen LogP contribution in [0.3, 0.4) is 0 Å². The minimum Gasteiger partial charge on any atom is -0.456 e. The molecule has 3 heterocycles. The molecule has 2 aliphatic rings. The van der Waals surface area contributed by atoms with Crippen LogP contribution >= 0.6 is 0 Å². The normalized spacial score (nSPS) is 17.8. The molecule has 0 bridgehead atoms. The van der Waals surface area contributed by atoms with Crippen molar-refractivity contribution in [2.75, 3.05) is 18.9 Å². The maximum atomic E-state index is 12.5. The molecule has 2 aromatic rings. The van der Waals surface area contributed by atoms with Crippen LogP contribution in [-0.2, 0) is 4.79 Å². The number of hydrogen-bond acceptors (Lipinski definition) is 7. The third-order valence-corrected chi connectivity index (χ3v) is 5.75. The molecule has 160 valence electrons. The Bertz CT molecular complexity index is 1040. The van der Waals surface area contributed by atoms with Crippen molar-refractivity contribution in [1.82, 2.24) is 14.9 Å². The molecule has 2 fully saturated rings. The molecular formula is C22H24N6O3. The lowest BCUT2D eigenvalue weighted by Gasteiger charge is -2.35. The fraction of sp³-hybridized carbons (Fsp3) is 0.318. The molecule has 4 rings (SSSR count). The van der Waals surface area contributed by atoms with Crippen molar-refractivity contribution in [1.29, 1.82) is 0 Å². The van der Waals surface area contributed by atoms with Crippen LogP contribution in [0.15, 0.2) is 47.9 Å². The van der Waals surface area contributed by atoms with Gasteiger partial charge >= 0.3 is 6.03 Å². The highest BCUT2D eigenvalue weighted by atomic mass is 16.5. The summed E-state index contributed by atoms with van der Waals surface area (Å²) in [6.07, 6.45) is 9.72. The fourth-order valence-corrected chi connectivity index (χ4v) is 3.88. The highest BCUT2D eigenvalue weighted by Crippen LogP contribution is 2.49. The summed E-state index contributed by atoms with van der Waals surface area (Å²) in [7, 11) is 1.65. The number of pyridine rings is 2. The highest BCUT2D eigenvalue weighted by molar-refractivity contribution is 6.08. The lowest BCUT2D eigenvalue weighted by molar-refractivity contribution is -0.137. The van der Waals surface area contributed by atoms with Crippen molar-refractivity contribution < 1.29 is 14.3 Å². The highest BCUT2D eigenvalue weighted by Gasteiger charge is 2.52. The van der Waals surface area contributed by atoms with Crippen LogP contribution in [0.5, 0.6) is 11.5 Å². The van der Waals surface area contributed by atoms with Crippen LogP contribution in [0.1, 0.15) is 31.4 Å². The Morgan fingerprint density at radius 2 is 2.10 bits per heavy atom. The van der Waals surface area contributed by atoms with Crippen LogP contribution in [0.2, 0.25) is 0 Å². The number of amides is 3. The first-order valence-electron chi connectivity index (χ1n) is 10.1. The van der Waals surface area contributed by atoms with E-state index in [0.717, 1.165) is 25.7 Å². The second-order valence-electron chi connectivity index (χ2n) is 7.64. The van der Waals surface area contributed by atoms with Gasteiger partial charge < -0.3 is 10.5 Å². The number of rotatable bonds is 5. The molecule has 0 atom stereocenters. The number of nitrogens with one attached hydrogen (secondary N) is 1. The zero-order valence-electron chi connectivity index (χ0n) is 17.2. The van der Waals surface area contributed by atoms with E-state index in [0.29, 0.717) is 35.1 Å². The number of carbonyl (C=O) groups is 2. The van der Waals surface area contributed by atoms with E-state index in [1.165, 1.54) is 17.3 Å². The molecule has 31 heavy (non-hydrogen) atoms. The molecule has 2 aromatic heterocycles. The smallest absolute Gasteiger partial charge is 0.329 e. The Labute approximate surface area is 180 Å². The number of nitrogens with zero attached hydrogens (tertiary/aromatic N) is 4. The number of anilines is 1. The van der Waals surface area contributed by atoms with Crippen molar-refractivity contribution >= 4 is 29.5 Å². The summed E-state index contributed by atoms with van der Waals surface area (Å²) >= 11 is 0. The number of carbonyl (C=O) groups excluding carboxylic acids is 2. The minimum atomic E-state index is -0.438. The van der Waals surface area contributed by atoms with E-state index in [4.69, 9.17) is 10.5 Å². The lowest BCUT2D eigenvalue weighted by atomic mass is 9.68. The van der Waals surface area contributed by atoms with Gasteiger partial charge in [-0.25, -0.2) is 9.78 Å². The van der Waals surface area contributed by atoms with Crippen LogP contribution in [0.4, 0.5) is 10.6 Å². The van der Waals surface area contributed by atoms with Gasteiger partial charge in [0.15, 0.2) is 0 Å². The molecule has 9 nitrogen and oxygen atoms in total. The Kier molecular flexibility index (Phi) is 5.66. The summed E-state index contributed by atoms with van der Waals surface area (Å²) in [5.41, 5.74) is 6.63. The molecule has 1 saturated carbocycles. The summed E-state index contributed by atoms with van der Waals surface area (Å²) in [6, 6.07) is 6.34. The minimum absolute atomic E-state index is 0.0660. The molecule has 0 radical (unpaired) electrons. The average molecular weight is 420 g/mol. The van der Waals surface area contributed by atoms with E-state index >= 15 is 0 Å². The third kappa shape index (κ3) is 4.11. The third-order valence-electron chi connectivity index (χ3n) is 5.75. The first-order chi connectivity index (χ1) is 15.0. The summed E-state index contributed by atoms with van der Waals surface area (Å²) in [4.78, 5) is 38.8. The lowest BCUT2D eigenvalue weighted by Crippen LogP contribution is -2.43. The number of hydrogen-bond donors (Lipinski definition) is 2. The van der Waals surface area contributed by atoms with Gasteiger partial charge in [0.25, 0.3) is 0 Å². The molecule has 1 saturated heterocycles. The summed E-state index contributed by atoms with van der Waals surface area (Å²) in [5, 5.41) is 2.69. The monoisotopic (exact) mass is 420 g/mol. The zero-order valence-corrected chi connectivity index (χ0v) is 17.2. The van der Waals surface area contributed by atoms with Gasteiger partial charge in [-0.15, -0.1) is 0 Å². The number of aromatic nitrogens is 2. The average Bonchev–Trinajstić information content (AvgIpc) is 3.11. The molecule has 0 aromatic carbocycles. The van der Waals surface area contributed by atoms with Gasteiger partial charge in [0, 0.05) is 43.8 Å². The maximum Gasteiger partial charge on any atom is 0.329 e. The first kappa shape index (κ1) is 20.5. The zero-order chi connectivity index (χ0) is 21.8. The van der Waals surface area contributed by atoms with E-state index in [2.05, 4.69) is 20.3 Å². The number of aliphatic imine (C=N–C) groups is 1. The molecule has 1 aliphatic heterocycles. The van der Waals surface area contributed by atoms with Gasteiger partial charge in [-0.2, -0.15) is 0 Å². The predicted molar refractivity (Wildman–Crippen MR) is 117 cm³/mol. The SMILES string of the molecule is CN=CC(=CN)c1cc(Oc2ccc(NC(=O)N3CCC4(CCC4)C3=O)nc2)ccn1. The number of nitrogens with two attached hydrogens (primary N) is 1. The van der Waals surface area contributed by atoms with E-state index in [1.54, 1.807) is 43.7 Å². The second kappa shape index (κ2) is 8.55. The van der Waals surface area contributed by atoms with Crippen molar-refractivity contribution in [3.8, 4) is 11.5 Å². The molecule has 3 N–H and O–H groups in total. The molecule has 1 spiro atoms.